The van der Waals surface area contributed by atoms with Gasteiger partial charge in [0.25, 0.3) is 0 Å². The molecule has 0 N–H and O–H groups in total. The van der Waals surface area contributed by atoms with Crippen LogP contribution in [0.4, 0.5) is 0 Å². The van der Waals surface area contributed by atoms with Crippen LogP contribution < -0.4 is 0 Å². The third-order valence-electron chi connectivity index (χ3n) is 3.27. The highest BCUT2D eigenvalue weighted by atomic mass is 16.7. The summed E-state index contributed by atoms with van der Waals surface area (Å²) in [6, 6.07) is 9.83. The van der Waals surface area contributed by atoms with Gasteiger partial charge in [-0.25, -0.2) is 4.79 Å². The third kappa shape index (κ3) is 4.51. The van der Waals surface area contributed by atoms with Crippen LogP contribution in [-0.2, 0) is 9.63 Å². The molecule has 1 rings (SSSR count). The van der Waals surface area contributed by atoms with Gasteiger partial charge in [-0.05, 0) is 32.3 Å². The highest BCUT2D eigenvalue weighted by Crippen LogP contribution is 2.21. The molecule has 3 heteroatoms. The molecule has 104 valence electrons. The summed E-state index contributed by atoms with van der Waals surface area (Å²) in [4.78, 5) is 17.0. The van der Waals surface area contributed by atoms with E-state index in [9.17, 15) is 4.79 Å². The maximum atomic E-state index is 11.9. The predicted octanol–water partition coefficient (Wildman–Crippen LogP) is 4.17. The molecular weight excluding hydrogens is 238 g/mol. The maximum absolute atomic E-state index is 11.9. The first kappa shape index (κ1) is 15.4. The fraction of sp³-hybridized carbons (Fsp3) is 0.500. The molecule has 0 saturated carbocycles. The highest BCUT2D eigenvalue weighted by molar-refractivity contribution is 6.00. The Bertz CT molecular complexity index is 435. The molecule has 0 aliphatic carbocycles. The molecule has 0 aliphatic rings. The second-order valence-electron chi connectivity index (χ2n) is 5.27. The minimum Gasteiger partial charge on any atom is -0.317 e. The topological polar surface area (TPSA) is 38.7 Å². The molecule has 0 unspecified atom stereocenters. The van der Waals surface area contributed by atoms with Crippen molar-refractivity contribution in [3.8, 4) is 0 Å². The van der Waals surface area contributed by atoms with E-state index in [0.717, 1.165) is 30.5 Å². The highest BCUT2D eigenvalue weighted by Gasteiger charge is 2.27. The smallest absolute Gasteiger partial charge is 0.317 e. The number of oxime groups is 1. The molecule has 0 spiro atoms. The van der Waals surface area contributed by atoms with Crippen molar-refractivity contribution in [2.75, 3.05) is 0 Å². The van der Waals surface area contributed by atoms with E-state index in [-0.39, 0.29) is 5.97 Å². The first-order valence-electron chi connectivity index (χ1n) is 6.85. The molecule has 19 heavy (non-hydrogen) atoms. The second-order valence-corrected chi connectivity index (χ2v) is 5.27. The fourth-order valence-corrected chi connectivity index (χ4v) is 1.47. The van der Waals surface area contributed by atoms with Gasteiger partial charge in [-0.2, -0.15) is 0 Å². The van der Waals surface area contributed by atoms with Gasteiger partial charge < -0.3 is 4.84 Å². The molecule has 1 aromatic carbocycles. The fourth-order valence-electron chi connectivity index (χ4n) is 1.47. The minimum atomic E-state index is -0.489. The van der Waals surface area contributed by atoms with Crippen molar-refractivity contribution >= 4 is 11.7 Å². The van der Waals surface area contributed by atoms with E-state index in [2.05, 4.69) is 12.1 Å². The number of rotatable bonds is 6. The Morgan fingerprint density at radius 3 is 2.37 bits per heavy atom. The van der Waals surface area contributed by atoms with Crippen LogP contribution in [0.25, 0.3) is 0 Å². The average molecular weight is 261 g/mol. The van der Waals surface area contributed by atoms with Gasteiger partial charge >= 0.3 is 5.97 Å². The second kappa shape index (κ2) is 7.07. The van der Waals surface area contributed by atoms with Crippen molar-refractivity contribution in [2.45, 2.75) is 47.0 Å². The van der Waals surface area contributed by atoms with E-state index in [0.29, 0.717) is 0 Å². The van der Waals surface area contributed by atoms with Crippen molar-refractivity contribution in [1.82, 2.24) is 0 Å². The Morgan fingerprint density at radius 2 is 1.84 bits per heavy atom. The van der Waals surface area contributed by atoms with Crippen molar-refractivity contribution in [3.05, 3.63) is 35.9 Å². The average Bonchev–Trinajstić information content (AvgIpc) is 2.44. The molecule has 3 nitrogen and oxygen atoms in total. The monoisotopic (exact) mass is 261 g/mol. The van der Waals surface area contributed by atoms with Gasteiger partial charge in [0, 0.05) is 0 Å². The van der Waals surface area contributed by atoms with Crippen molar-refractivity contribution in [2.24, 2.45) is 10.6 Å². The SMILES string of the molecule is CCC/C(=N/OC(=O)C(C)(C)CC)c1ccccc1. The molecule has 0 fully saturated rings. The summed E-state index contributed by atoms with van der Waals surface area (Å²) < 4.78 is 0. The lowest BCUT2D eigenvalue weighted by atomic mass is 9.91. The van der Waals surface area contributed by atoms with Crippen LogP contribution in [0.15, 0.2) is 35.5 Å². The summed E-state index contributed by atoms with van der Waals surface area (Å²) in [5.74, 6) is -0.278. The molecule has 0 bridgehead atoms. The van der Waals surface area contributed by atoms with Crippen LogP contribution in [0.3, 0.4) is 0 Å². The largest absolute Gasteiger partial charge is 0.340 e. The Balaban J connectivity index is 2.83. The summed E-state index contributed by atoms with van der Waals surface area (Å²) in [7, 11) is 0. The molecular formula is C16H23NO2. The van der Waals surface area contributed by atoms with Crippen LogP contribution in [0.5, 0.6) is 0 Å². The first-order valence-corrected chi connectivity index (χ1v) is 6.85. The number of hydrogen-bond donors (Lipinski definition) is 0. The van der Waals surface area contributed by atoms with Crippen molar-refractivity contribution < 1.29 is 9.63 Å². The first-order chi connectivity index (χ1) is 9.01. The van der Waals surface area contributed by atoms with Crippen LogP contribution in [-0.4, -0.2) is 11.7 Å². The lowest BCUT2D eigenvalue weighted by molar-refractivity contribution is -0.154. The van der Waals surface area contributed by atoms with Gasteiger partial charge in [-0.15, -0.1) is 0 Å². The molecule has 0 aliphatic heterocycles. The summed E-state index contributed by atoms with van der Waals surface area (Å²) in [5.41, 5.74) is 1.34. The summed E-state index contributed by atoms with van der Waals surface area (Å²) in [6.07, 6.45) is 2.49. The Labute approximate surface area is 115 Å². The van der Waals surface area contributed by atoms with E-state index in [4.69, 9.17) is 4.84 Å². The molecule has 0 atom stereocenters. The molecule has 0 saturated heterocycles. The third-order valence-corrected chi connectivity index (χ3v) is 3.27. The van der Waals surface area contributed by atoms with E-state index in [1.54, 1.807) is 0 Å². The molecule has 0 radical (unpaired) electrons. The number of hydrogen-bond acceptors (Lipinski definition) is 3. The molecule has 1 aromatic rings. The normalized spacial score (nSPS) is 12.3. The van der Waals surface area contributed by atoms with Gasteiger partial charge in [0.15, 0.2) is 0 Å². The predicted molar refractivity (Wildman–Crippen MR) is 78.1 cm³/mol. The van der Waals surface area contributed by atoms with E-state index in [1.165, 1.54) is 0 Å². The number of benzene rings is 1. The summed E-state index contributed by atoms with van der Waals surface area (Å²) >= 11 is 0. The van der Waals surface area contributed by atoms with Gasteiger partial charge in [0.2, 0.25) is 0 Å². The molecule has 0 heterocycles. The lowest BCUT2D eigenvalue weighted by Crippen LogP contribution is -2.24. The van der Waals surface area contributed by atoms with E-state index in [1.807, 2.05) is 51.1 Å². The van der Waals surface area contributed by atoms with Gasteiger partial charge in [-0.3, -0.25) is 0 Å². The summed E-state index contributed by atoms with van der Waals surface area (Å²) in [5, 5.41) is 4.06. The van der Waals surface area contributed by atoms with Gasteiger partial charge in [0.05, 0.1) is 11.1 Å². The Hall–Kier alpha value is -1.64. The zero-order valence-electron chi connectivity index (χ0n) is 12.3. The standard InChI is InChI=1S/C16H23NO2/c1-5-10-14(13-11-8-7-9-12-13)17-19-15(18)16(3,4)6-2/h7-9,11-12H,5-6,10H2,1-4H3/b17-14-. The van der Waals surface area contributed by atoms with Gasteiger partial charge in [0.1, 0.15) is 0 Å². The van der Waals surface area contributed by atoms with Crippen LogP contribution in [0.1, 0.15) is 52.5 Å². The van der Waals surface area contributed by atoms with E-state index >= 15 is 0 Å². The molecule has 0 aromatic heterocycles. The zero-order chi connectivity index (χ0) is 14.3. The Morgan fingerprint density at radius 1 is 1.21 bits per heavy atom. The number of nitrogens with zero attached hydrogens (tertiary/aromatic N) is 1. The number of carbonyl (C=O) groups excluding carboxylic acids is 1. The van der Waals surface area contributed by atoms with E-state index < -0.39 is 5.41 Å². The maximum Gasteiger partial charge on any atom is 0.340 e. The summed E-state index contributed by atoms with van der Waals surface area (Å²) in [6.45, 7) is 7.78. The van der Waals surface area contributed by atoms with Crippen LogP contribution in [0, 0.1) is 5.41 Å². The quantitative estimate of drug-likeness (QED) is 0.438. The molecule has 0 amide bonds. The lowest BCUT2D eigenvalue weighted by Gasteiger charge is -2.17. The Kier molecular flexibility index (Phi) is 5.74. The van der Waals surface area contributed by atoms with Gasteiger partial charge in [-0.1, -0.05) is 55.8 Å². The van der Waals surface area contributed by atoms with Crippen molar-refractivity contribution in [1.29, 1.82) is 0 Å². The zero-order valence-corrected chi connectivity index (χ0v) is 12.3. The number of carbonyl (C=O) groups is 1. The minimum absolute atomic E-state index is 0.278. The van der Waals surface area contributed by atoms with Crippen molar-refractivity contribution in [3.63, 3.8) is 0 Å². The van der Waals surface area contributed by atoms with Crippen LogP contribution in [0.2, 0.25) is 0 Å². The van der Waals surface area contributed by atoms with Crippen LogP contribution >= 0.6 is 0 Å².